The summed E-state index contributed by atoms with van der Waals surface area (Å²) >= 11 is 5.92. The number of alkyl halides is 1. The van der Waals surface area contributed by atoms with Crippen LogP contribution in [0.2, 0.25) is 0 Å². The number of rotatable bonds is 4. The first-order valence-corrected chi connectivity index (χ1v) is 6.41. The van der Waals surface area contributed by atoms with Gasteiger partial charge in [-0.3, -0.25) is 9.59 Å². The lowest BCUT2D eigenvalue weighted by Gasteiger charge is -2.10. The highest BCUT2D eigenvalue weighted by atomic mass is 35.5. The van der Waals surface area contributed by atoms with Crippen LogP contribution in [0.25, 0.3) is 0 Å². The summed E-state index contributed by atoms with van der Waals surface area (Å²) < 4.78 is 0. The number of nitrogen functional groups attached to an aromatic ring is 1. The fourth-order valence-corrected chi connectivity index (χ4v) is 1.86. The minimum atomic E-state index is -1.29. The van der Waals surface area contributed by atoms with E-state index in [0.29, 0.717) is 16.9 Å². The van der Waals surface area contributed by atoms with E-state index in [1.807, 2.05) is 6.07 Å². The van der Waals surface area contributed by atoms with Crippen LogP contribution in [0.5, 0.6) is 0 Å². The molecular formula is C15H13ClN2O2. The van der Waals surface area contributed by atoms with Crippen LogP contribution in [0.4, 0.5) is 11.4 Å². The number of Topliss-reactive ketones (excluding diaryl/α,β-unsaturated/α-hetero) is 1. The highest BCUT2D eigenvalue weighted by molar-refractivity contribution is 6.45. The zero-order chi connectivity index (χ0) is 14.5. The van der Waals surface area contributed by atoms with Gasteiger partial charge in [0.05, 0.1) is 0 Å². The van der Waals surface area contributed by atoms with E-state index in [0.717, 1.165) is 0 Å². The summed E-state index contributed by atoms with van der Waals surface area (Å²) in [5.41, 5.74) is 6.95. The van der Waals surface area contributed by atoms with Crippen LogP contribution >= 0.6 is 11.6 Å². The van der Waals surface area contributed by atoms with Gasteiger partial charge in [0.15, 0.2) is 11.2 Å². The summed E-state index contributed by atoms with van der Waals surface area (Å²) in [5, 5.41) is 1.29. The molecule has 102 valence electrons. The van der Waals surface area contributed by atoms with E-state index in [1.165, 1.54) is 6.07 Å². The lowest BCUT2D eigenvalue weighted by molar-refractivity contribution is -0.115. The third-order valence-corrected chi connectivity index (χ3v) is 3.07. The zero-order valence-electron chi connectivity index (χ0n) is 10.5. The first kappa shape index (κ1) is 14.1. The van der Waals surface area contributed by atoms with Crippen molar-refractivity contribution in [2.45, 2.75) is 5.38 Å². The van der Waals surface area contributed by atoms with Gasteiger partial charge in [0, 0.05) is 16.9 Å². The molecule has 0 spiro atoms. The smallest absolute Gasteiger partial charge is 0.250 e. The number of carbonyl (C=O) groups is 2. The maximum absolute atomic E-state index is 12.1. The predicted molar refractivity (Wildman–Crippen MR) is 79.9 cm³/mol. The average Bonchev–Trinajstić information content (AvgIpc) is 2.46. The van der Waals surface area contributed by atoms with Gasteiger partial charge in [-0.05, 0) is 24.3 Å². The Morgan fingerprint density at radius 1 is 1.05 bits per heavy atom. The molecule has 0 saturated carbocycles. The molecule has 0 aliphatic heterocycles. The van der Waals surface area contributed by atoms with Crippen molar-refractivity contribution >= 4 is 34.7 Å². The Hall–Kier alpha value is -2.33. The van der Waals surface area contributed by atoms with Crippen LogP contribution in [-0.2, 0) is 4.79 Å². The number of amides is 1. The number of hydrogen-bond donors (Lipinski definition) is 2. The molecule has 1 amide bonds. The normalized spacial score (nSPS) is 11.7. The number of halogens is 1. The van der Waals surface area contributed by atoms with Gasteiger partial charge in [-0.15, -0.1) is 11.6 Å². The minimum Gasteiger partial charge on any atom is -0.399 e. The molecule has 4 nitrogen and oxygen atoms in total. The van der Waals surface area contributed by atoms with Crippen LogP contribution < -0.4 is 11.1 Å². The fraction of sp³-hybridized carbons (Fsp3) is 0.0667. The summed E-state index contributed by atoms with van der Waals surface area (Å²) in [6.07, 6.45) is 0. The van der Waals surface area contributed by atoms with E-state index >= 15 is 0 Å². The number of anilines is 2. The van der Waals surface area contributed by atoms with Gasteiger partial charge in [0.25, 0.3) is 0 Å². The van der Waals surface area contributed by atoms with Crippen molar-refractivity contribution in [3.8, 4) is 0 Å². The maximum atomic E-state index is 12.1. The lowest BCUT2D eigenvalue weighted by Crippen LogP contribution is -2.30. The van der Waals surface area contributed by atoms with Crippen molar-refractivity contribution in [2.24, 2.45) is 0 Å². The molecule has 1 unspecified atom stereocenters. The molecule has 0 aliphatic carbocycles. The van der Waals surface area contributed by atoms with Crippen molar-refractivity contribution in [1.82, 2.24) is 0 Å². The molecule has 20 heavy (non-hydrogen) atoms. The molecule has 0 bridgehead atoms. The van der Waals surface area contributed by atoms with Gasteiger partial charge >= 0.3 is 0 Å². The van der Waals surface area contributed by atoms with Gasteiger partial charge in [0.2, 0.25) is 5.91 Å². The zero-order valence-corrected chi connectivity index (χ0v) is 11.3. The second kappa shape index (κ2) is 6.21. The quantitative estimate of drug-likeness (QED) is 0.393. The van der Waals surface area contributed by atoms with Crippen LogP contribution in [0, 0.1) is 0 Å². The number of benzene rings is 2. The molecule has 0 saturated heterocycles. The maximum Gasteiger partial charge on any atom is 0.250 e. The Morgan fingerprint density at radius 3 is 2.40 bits per heavy atom. The Balaban J connectivity index is 2.09. The van der Waals surface area contributed by atoms with Crippen molar-refractivity contribution in [3.05, 3.63) is 60.2 Å². The highest BCUT2D eigenvalue weighted by Gasteiger charge is 2.25. The monoisotopic (exact) mass is 288 g/mol. The highest BCUT2D eigenvalue weighted by Crippen LogP contribution is 2.14. The molecular weight excluding hydrogens is 276 g/mol. The molecule has 0 radical (unpaired) electrons. The van der Waals surface area contributed by atoms with E-state index in [2.05, 4.69) is 5.32 Å². The van der Waals surface area contributed by atoms with Gasteiger partial charge in [-0.25, -0.2) is 0 Å². The average molecular weight is 289 g/mol. The SMILES string of the molecule is Nc1cccc(C(=O)C(Cl)C(=O)Nc2ccccc2)c1. The third-order valence-electron chi connectivity index (χ3n) is 2.67. The molecule has 0 fully saturated rings. The molecule has 2 aromatic rings. The lowest BCUT2D eigenvalue weighted by atomic mass is 10.1. The summed E-state index contributed by atoms with van der Waals surface area (Å²) in [6, 6.07) is 15.2. The fourth-order valence-electron chi connectivity index (χ4n) is 1.68. The van der Waals surface area contributed by atoms with Crippen LogP contribution in [0.3, 0.4) is 0 Å². The van der Waals surface area contributed by atoms with Crippen molar-refractivity contribution in [3.63, 3.8) is 0 Å². The molecule has 5 heteroatoms. The summed E-state index contributed by atoms with van der Waals surface area (Å²) in [7, 11) is 0. The first-order chi connectivity index (χ1) is 9.58. The topological polar surface area (TPSA) is 72.2 Å². The van der Waals surface area contributed by atoms with E-state index in [1.54, 1.807) is 42.5 Å². The summed E-state index contributed by atoms with van der Waals surface area (Å²) in [4.78, 5) is 24.0. The van der Waals surface area contributed by atoms with Crippen LogP contribution in [0.1, 0.15) is 10.4 Å². The van der Waals surface area contributed by atoms with Gasteiger partial charge in [0.1, 0.15) is 0 Å². The number of para-hydroxylation sites is 1. The number of hydrogen-bond acceptors (Lipinski definition) is 3. The molecule has 0 heterocycles. The van der Waals surface area contributed by atoms with Gasteiger partial charge in [-0.1, -0.05) is 30.3 Å². The van der Waals surface area contributed by atoms with E-state index in [4.69, 9.17) is 17.3 Å². The number of carbonyl (C=O) groups excluding carboxylic acids is 2. The van der Waals surface area contributed by atoms with E-state index in [9.17, 15) is 9.59 Å². The summed E-state index contributed by atoms with van der Waals surface area (Å²) in [6.45, 7) is 0. The van der Waals surface area contributed by atoms with Crippen molar-refractivity contribution < 1.29 is 9.59 Å². The number of nitrogens with one attached hydrogen (secondary N) is 1. The van der Waals surface area contributed by atoms with E-state index in [-0.39, 0.29) is 0 Å². The molecule has 0 aromatic heterocycles. The van der Waals surface area contributed by atoms with Gasteiger partial charge in [-0.2, -0.15) is 0 Å². The Bertz CT molecular complexity index is 629. The largest absolute Gasteiger partial charge is 0.399 e. The number of ketones is 1. The first-order valence-electron chi connectivity index (χ1n) is 5.97. The molecule has 3 N–H and O–H groups in total. The standard InChI is InChI=1S/C15H13ClN2O2/c16-13(14(19)10-5-4-6-11(17)9-10)15(20)18-12-7-2-1-3-8-12/h1-9,13H,17H2,(H,18,20). The van der Waals surface area contributed by atoms with Crippen molar-refractivity contribution in [2.75, 3.05) is 11.1 Å². The molecule has 2 rings (SSSR count). The Kier molecular flexibility index (Phi) is 4.38. The third kappa shape index (κ3) is 3.36. The Labute approximate surface area is 121 Å². The molecule has 1 atom stereocenters. The van der Waals surface area contributed by atoms with Crippen LogP contribution in [0.15, 0.2) is 54.6 Å². The molecule has 2 aromatic carbocycles. The van der Waals surface area contributed by atoms with E-state index < -0.39 is 17.1 Å². The summed E-state index contributed by atoms with van der Waals surface area (Å²) in [5.74, 6) is -1.04. The molecule has 0 aliphatic rings. The second-order valence-electron chi connectivity index (χ2n) is 4.21. The van der Waals surface area contributed by atoms with Crippen LogP contribution in [-0.4, -0.2) is 17.1 Å². The van der Waals surface area contributed by atoms with Gasteiger partial charge < -0.3 is 11.1 Å². The number of nitrogens with two attached hydrogens (primary N) is 1. The van der Waals surface area contributed by atoms with Crippen molar-refractivity contribution in [1.29, 1.82) is 0 Å². The predicted octanol–water partition coefficient (Wildman–Crippen LogP) is 2.70. The Morgan fingerprint density at radius 2 is 1.75 bits per heavy atom. The second-order valence-corrected chi connectivity index (χ2v) is 4.64. The minimum absolute atomic E-state index is 0.313.